The van der Waals surface area contributed by atoms with Gasteiger partial charge in [-0.15, -0.1) is 0 Å². The number of aryl methyl sites for hydroxylation is 1. The normalized spacial score (nSPS) is 18.6. The molecule has 1 amide bonds. The third-order valence-corrected chi connectivity index (χ3v) is 7.88. The lowest BCUT2D eigenvalue weighted by Crippen LogP contribution is -2.47. The molecule has 1 aliphatic carbocycles. The number of alkyl halides is 3. The van der Waals surface area contributed by atoms with Crippen LogP contribution >= 0.6 is 34.8 Å². The van der Waals surface area contributed by atoms with Crippen LogP contribution in [0.25, 0.3) is 0 Å². The van der Waals surface area contributed by atoms with E-state index in [1.54, 1.807) is 18.2 Å². The first-order valence-electron chi connectivity index (χ1n) is 9.76. The van der Waals surface area contributed by atoms with Gasteiger partial charge in [0.2, 0.25) is 10.0 Å². The largest absolute Gasteiger partial charge is 0.344 e. The molecule has 0 saturated heterocycles. The minimum Gasteiger partial charge on any atom is -0.344 e. The van der Waals surface area contributed by atoms with E-state index in [1.165, 1.54) is 28.6 Å². The minimum absolute atomic E-state index is 0.0653. The van der Waals surface area contributed by atoms with Crippen LogP contribution in [-0.4, -0.2) is 40.5 Å². The van der Waals surface area contributed by atoms with Crippen LogP contribution in [0.15, 0.2) is 53.4 Å². The standard InChI is InChI=1S/C22H17Cl3N2O5S/c1-12-2-5-14(6-3-12)33(31,32)27-10-13-4-7-15-17(28)8-9-18(29)20(15)19(13)16(11-27)26-21(30)22(23,24)25/h2-9,16H,10-11H2,1H3,(H,26,30). The van der Waals surface area contributed by atoms with E-state index in [1.807, 2.05) is 6.92 Å². The Morgan fingerprint density at radius 3 is 2.30 bits per heavy atom. The number of carbonyl (C=O) groups excluding carboxylic acids is 3. The number of hydrogen-bond acceptors (Lipinski definition) is 5. The molecule has 0 spiro atoms. The quantitative estimate of drug-likeness (QED) is 0.614. The number of nitrogens with zero attached hydrogens (tertiary/aromatic N) is 1. The van der Waals surface area contributed by atoms with Crippen LogP contribution in [0.5, 0.6) is 0 Å². The summed E-state index contributed by atoms with van der Waals surface area (Å²) in [5.74, 6) is -1.78. The number of fused-ring (bicyclic) bond motifs is 3. The number of ketones is 2. The van der Waals surface area contributed by atoms with Crippen LogP contribution in [0.2, 0.25) is 0 Å². The molecule has 11 heteroatoms. The van der Waals surface area contributed by atoms with E-state index in [0.717, 1.165) is 11.6 Å². The summed E-state index contributed by atoms with van der Waals surface area (Å²) in [5, 5.41) is 2.53. The van der Waals surface area contributed by atoms with Gasteiger partial charge in [-0.2, -0.15) is 4.31 Å². The van der Waals surface area contributed by atoms with Crippen molar-refractivity contribution in [3.05, 3.63) is 76.4 Å². The van der Waals surface area contributed by atoms with E-state index < -0.39 is 31.5 Å². The highest BCUT2D eigenvalue weighted by molar-refractivity contribution is 7.89. The summed E-state index contributed by atoms with van der Waals surface area (Å²) in [4.78, 5) is 37.6. The molecule has 1 N–H and O–H groups in total. The molecule has 1 heterocycles. The molecule has 2 aromatic carbocycles. The van der Waals surface area contributed by atoms with Gasteiger partial charge in [-0.3, -0.25) is 14.4 Å². The fourth-order valence-corrected chi connectivity index (χ4v) is 5.54. The third kappa shape index (κ3) is 4.46. The summed E-state index contributed by atoms with van der Waals surface area (Å²) in [6, 6.07) is 8.37. The van der Waals surface area contributed by atoms with E-state index in [4.69, 9.17) is 34.8 Å². The predicted octanol–water partition coefficient (Wildman–Crippen LogP) is 3.66. The van der Waals surface area contributed by atoms with Crippen LogP contribution in [0.3, 0.4) is 0 Å². The average Bonchev–Trinajstić information content (AvgIpc) is 2.75. The third-order valence-electron chi connectivity index (χ3n) is 5.54. The van der Waals surface area contributed by atoms with Crippen LogP contribution in [-0.2, 0) is 21.4 Å². The zero-order chi connectivity index (χ0) is 24.1. The van der Waals surface area contributed by atoms with Gasteiger partial charge in [-0.25, -0.2) is 8.42 Å². The summed E-state index contributed by atoms with van der Waals surface area (Å²) >= 11 is 17.2. The Kier molecular flexibility index (Phi) is 6.18. The fourth-order valence-electron chi connectivity index (χ4n) is 3.94. The molecule has 0 saturated carbocycles. The summed E-state index contributed by atoms with van der Waals surface area (Å²) in [6.45, 7) is 1.55. The van der Waals surface area contributed by atoms with Gasteiger partial charge in [-0.05, 0) is 48.4 Å². The zero-order valence-corrected chi connectivity index (χ0v) is 20.2. The molecule has 0 fully saturated rings. The summed E-state index contributed by atoms with van der Waals surface area (Å²) in [7, 11) is -3.95. The van der Waals surface area contributed by atoms with Crippen molar-refractivity contribution in [2.75, 3.05) is 6.54 Å². The lowest BCUT2D eigenvalue weighted by Gasteiger charge is -2.36. The molecular formula is C22H17Cl3N2O5S. The lowest BCUT2D eigenvalue weighted by molar-refractivity contribution is -0.121. The zero-order valence-electron chi connectivity index (χ0n) is 17.1. The first kappa shape index (κ1) is 23.9. The minimum atomic E-state index is -3.95. The highest BCUT2D eigenvalue weighted by Crippen LogP contribution is 2.37. The van der Waals surface area contributed by atoms with Gasteiger partial charge in [-0.1, -0.05) is 58.6 Å². The number of benzene rings is 2. The maximum atomic E-state index is 13.3. The lowest BCUT2D eigenvalue weighted by atomic mass is 9.83. The molecule has 33 heavy (non-hydrogen) atoms. The molecule has 172 valence electrons. The first-order chi connectivity index (χ1) is 15.4. The Morgan fingerprint density at radius 2 is 1.67 bits per heavy atom. The fraction of sp³-hybridized carbons (Fsp3) is 0.227. The van der Waals surface area contributed by atoms with E-state index in [2.05, 4.69) is 5.32 Å². The van der Waals surface area contributed by atoms with Gasteiger partial charge >= 0.3 is 0 Å². The molecule has 0 aromatic heterocycles. The van der Waals surface area contributed by atoms with Crippen molar-refractivity contribution >= 4 is 62.3 Å². The number of halogens is 3. The average molecular weight is 528 g/mol. The molecule has 1 atom stereocenters. The monoisotopic (exact) mass is 526 g/mol. The summed E-state index contributed by atoms with van der Waals surface area (Å²) in [5.41, 5.74) is 1.98. The summed E-state index contributed by atoms with van der Waals surface area (Å²) < 4.78 is 25.6. The van der Waals surface area contributed by atoms with Gasteiger partial charge in [0.25, 0.3) is 9.70 Å². The number of rotatable bonds is 3. The SMILES string of the molecule is Cc1ccc(S(=O)(=O)N2Cc3ccc4c(c3C(NC(=O)C(Cl)(Cl)Cl)C2)C(=O)C=CC4=O)cc1. The summed E-state index contributed by atoms with van der Waals surface area (Å²) in [6.07, 6.45) is 2.32. The Labute approximate surface area is 205 Å². The molecule has 4 rings (SSSR count). The van der Waals surface area contributed by atoms with Gasteiger partial charge in [0.05, 0.1) is 10.9 Å². The second-order valence-electron chi connectivity index (χ2n) is 7.76. The second-order valence-corrected chi connectivity index (χ2v) is 12.0. The van der Waals surface area contributed by atoms with Crippen molar-refractivity contribution in [2.45, 2.75) is 28.2 Å². The number of sulfonamides is 1. The van der Waals surface area contributed by atoms with Crippen molar-refractivity contribution in [1.29, 1.82) is 0 Å². The Morgan fingerprint density at radius 1 is 1.03 bits per heavy atom. The van der Waals surface area contributed by atoms with E-state index in [0.29, 0.717) is 11.1 Å². The van der Waals surface area contributed by atoms with Crippen LogP contribution in [0.4, 0.5) is 0 Å². The van der Waals surface area contributed by atoms with Crippen molar-refractivity contribution in [1.82, 2.24) is 9.62 Å². The molecule has 2 aromatic rings. The number of allylic oxidation sites excluding steroid dienone is 2. The van der Waals surface area contributed by atoms with Crippen molar-refractivity contribution in [3.8, 4) is 0 Å². The van der Waals surface area contributed by atoms with Crippen molar-refractivity contribution in [2.24, 2.45) is 0 Å². The Hall–Kier alpha value is -2.23. The number of amides is 1. The predicted molar refractivity (Wildman–Crippen MR) is 124 cm³/mol. The molecule has 0 radical (unpaired) electrons. The van der Waals surface area contributed by atoms with E-state index in [9.17, 15) is 22.8 Å². The second kappa shape index (κ2) is 8.52. The van der Waals surface area contributed by atoms with Gasteiger partial charge in [0.1, 0.15) is 0 Å². The Bertz CT molecular complexity index is 1310. The van der Waals surface area contributed by atoms with Crippen LogP contribution in [0.1, 0.15) is 43.4 Å². The Balaban J connectivity index is 1.83. The van der Waals surface area contributed by atoms with Crippen LogP contribution < -0.4 is 5.32 Å². The number of hydrogen-bond donors (Lipinski definition) is 1. The number of nitrogens with one attached hydrogen (secondary N) is 1. The molecule has 2 aliphatic rings. The maximum Gasteiger partial charge on any atom is 0.272 e. The molecule has 1 unspecified atom stereocenters. The van der Waals surface area contributed by atoms with Gasteiger partial charge in [0, 0.05) is 24.2 Å². The van der Waals surface area contributed by atoms with Crippen molar-refractivity contribution in [3.63, 3.8) is 0 Å². The van der Waals surface area contributed by atoms with E-state index in [-0.39, 0.29) is 34.9 Å². The van der Waals surface area contributed by atoms with Crippen molar-refractivity contribution < 1.29 is 22.8 Å². The topological polar surface area (TPSA) is 101 Å². The molecule has 0 bridgehead atoms. The highest BCUT2D eigenvalue weighted by Gasteiger charge is 2.40. The molecule has 1 aliphatic heterocycles. The van der Waals surface area contributed by atoms with Gasteiger partial charge in [0.15, 0.2) is 11.6 Å². The van der Waals surface area contributed by atoms with Crippen LogP contribution in [0, 0.1) is 6.92 Å². The van der Waals surface area contributed by atoms with Gasteiger partial charge < -0.3 is 5.32 Å². The highest BCUT2D eigenvalue weighted by atomic mass is 35.6. The first-order valence-corrected chi connectivity index (χ1v) is 12.3. The molecular weight excluding hydrogens is 511 g/mol. The maximum absolute atomic E-state index is 13.3. The number of carbonyl (C=O) groups is 3. The molecule has 7 nitrogen and oxygen atoms in total. The van der Waals surface area contributed by atoms with E-state index >= 15 is 0 Å². The smallest absolute Gasteiger partial charge is 0.272 e.